The van der Waals surface area contributed by atoms with Crippen LogP contribution in [0.25, 0.3) is 0 Å². The van der Waals surface area contributed by atoms with Crippen molar-refractivity contribution in [1.82, 2.24) is 10.6 Å². The van der Waals surface area contributed by atoms with Crippen molar-refractivity contribution in [3.8, 4) is 0 Å². The summed E-state index contributed by atoms with van der Waals surface area (Å²) in [5, 5.41) is 14.0. The molecule has 0 aliphatic carbocycles. The standard InChI is InChI=1S/C15H21F3N2O2/c1-10(8-21)20-13(22)19-9-14(2,3)11-5-4-6-12(7-11)15(16,17)18/h4-7,10,21H,8-9H2,1-3H3,(H2,19,20,22)/t10-/m0/s1. The summed E-state index contributed by atoms with van der Waals surface area (Å²) < 4.78 is 38.2. The van der Waals surface area contributed by atoms with Gasteiger partial charge in [-0.25, -0.2) is 4.79 Å². The highest BCUT2D eigenvalue weighted by Gasteiger charge is 2.32. The fraction of sp³-hybridized carbons (Fsp3) is 0.533. The van der Waals surface area contributed by atoms with Crippen LogP contribution in [0.1, 0.15) is 31.9 Å². The number of aliphatic hydroxyl groups is 1. The first-order valence-electron chi connectivity index (χ1n) is 6.89. The van der Waals surface area contributed by atoms with Crippen molar-refractivity contribution in [3.05, 3.63) is 35.4 Å². The summed E-state index contributed by atoms with van der Waals surface area (Å²) in [6.45, 7) is 5.11. The predicted octanol–water partition coefficient (Wildman–Crippen LogP) is 2.66. The van der Waals surface area contributed by atoms with Gasteiger partial charge < -0.3 is 15.7 Å². The van der Waals surface area contributed by atoms with Crippen LogP contribution in [0.2, 0.25) is 0 Å². The van der Waals surface area contributed by atoms with E-state index in [4.69, 9.17) is 5.11 Å². The molecule has 0 aliphatic heterocycles. The van der Waals surface area contributed by atoms with Crippen LogP contribution in [0, 0.1) is 0 Å². The minimum Gasteiger partial charge on any atom is -0.394 e. The number of urea groups is 1. The molecule has 2 amide bonds. The summed E-state index contributed by atoms with van der Waals surface area (Å²) >= 11 is 0. The van der Waals surface area contributed by atoms with Crippen molar-refractivity contribution in [2.75, 3.05) is 13.2 Å². The summed E-state index contributed by atoms with van der Waals surface area (Å²) in [7, 11) is 0. The Morgan fingerprint density at radius 2 is 1.86 bits per heavy atom. The number of rotatable bonds is 5. The second-order valence-electron chi connectivity index (χ2n) is 5.87. The molecule has 1 atom stereocenters. The summed E-state index contributed by atoms with van der Waals surface area (Å²) in [4.78, 5) is 11.6. The van der Waals surface area contributed by atoms with E-state index in [0.717, 1.165) is 12.1 Å². The van der Waals surface area contributed by atoms with Crippen LogP contribution in [0.4, 0.5) is 18.0 Å². The van der Waals surface area contributed by atoms with Crippen molar-refractivity contribution in [2.45, 2.75) is 38.4 Å². The number of aliphatic hydroxyl groups excluding tert-OH is 1. The maximum atomic E-state index is 12.7. The summed E-state index contributed by atoms with van der Waals surface area (Å²) in [6.07, 6.45) is -4.40. The van der Waals surface area contributed by atoms with Gasteiger partial charge in [0.15, 0.2) is 0 Å². The fourth-order valence-electron chi connectivity index (χ4n) is 1.84. The van der Waals surface area contributed by atoms with E-state index < -0.39 is 29.2 Å². The SMILES string of the molecule is C[C@@H](CO)NC(=O)NCC(C)(C)c1cccc(C(F)(F)F)c1. The molecular weight excluding hydrogens is 297 g/mol. The Hall–Kier alpha value is -1.76. The van der Waals surface area contributed by atoms with Gasteiger partial charge in [-0.15, -0.1) is 0 Å². The third-order valence-corrected chi connectivity index (χ3v) is 3.31. The second-order valence-corrected chi connectivity index (χ2v) is 5.87. The van der Waals surface area contributed by atoms with Crippen LogP contribution in [-0.2, 0) is 11.6 Å². The van der Waals surface area contributed by atoms with E-state index in [2.05, 4.69) is 10.6 Å². The number of carbonyl (C=O) groups excluding carboxylic acids is 1. The van der Waals surface area contributed by atoms with Gasteiger partial charge in [-0.2, -0.15) is 13.2 Å². The van der Waals surface area contributed by atoms with E-state index in [1.54, 1.807) is 26.8 Å². The number of alkyl halides is 3. The number of amides is 2. The van der Waals surface area contributed by atoms with Gasteiger partial charge in [0.25, 0.3) is 0 Å². The van der Waals surface area contributed by atoms with Crippen LogP contribution >= 0.6 is 0 Å². The van der Waals surface area contributed by atoms with Gasteiger partial charge in [-0.1, -0.05) is 32.0 Å². The molecule has 22 heavy (non-hydrogen) atoms. The lowest BCUT2D eigenvalue weighted by Crippen LogP contribution is -2.46. The zero-order chi connectivity index (χ0) is 17.0. The fourth-order valence-corrected chi connectivity index (χ4v) is 1.84. The molecule has 0 unspecified atom stereocenters. The highest BCUT2D eigenvalue weighted by Crippen LogP contribution is 2.32. The lowest BCUT2D eigenvalue weighted by atomic mass is 9.84. The maximum absolute atomic E-state index is 12.7. The molecule has 0 spiro atoms. The Kier molecular flexibility index (Phi) is 5.82. The Balaban J connectivity index is 2.76. The Labute approximate surface area is 127 Å². The molecule has 1 aromatic rings. The molecular formula is C15H21F3N2O2. The number of hydrogen-bond donors (Lipinski definition) is 3. The highest BCUT2D eigenvalue weighted by molar-refractivity contribution is 5.74. The van der Waals surface area contributed by atoms with Gasteiger partial charge in [0.05, 0.1) is 18.2 Å². The Morgan fingerprint density at radius 3 is 2.41 bits per heavy atom. The molecule has 0 heterocycles. The van der Waals surface area contributed by atoms with E-state index in [-0.39, 0.29) is 13.2 Å². The van der Waals surface area contributed by atoms with Crippen molar-refractivity contribution < 1.29 is 23.1 Å². The van der Waals surface area contributed by atoms with E-state index in [1.807, 2.05) is 0 Å². The molecule has 124 valence electrons. The third-order valence-electron chi connectivity index (χ3n) is 3.31. The third kappa shape index (κ3) is 5.22. The normalized spacial score (nSPS) is 13.6. The molecule has 3 N–H and O–H groups in total. The molecule has 0 aliphatic rings. The molecule has 0 radical (unpaired) electrons. The van der Waals surface area contributed by atoms with E-state index in [0.29, 0.717) is 5.56 Å². The van der Waals surface area contributed by atoms with Crippen LogP contribution in [-0.4, -0.2) is 30.3 Å². The van der Waals surface area contributed by atoms with Crippen LogP contribution in [0.3, 0.4) is 0 Å². The highest BCUT2D eigenvalue weighted by atomic mass is 19.4. The molecule has 0 saturated carbocycles. The molecule has 0 aromatic heterocycles. The van der Waals surface area contributed by atoms with Gasteiger partial charge in [0.1, 0.15) is 0 Å². The number of hydrogen-bond acceptors (Lipinski definition) is 2. The lowest BCUT2D eigenvalue weighted by molar-refractivity contribution is -0.137. The van der Waals surface area contributed by atoms with Crippen molar-refractivity contribution in [3.63, 3.8) is 0 Å². The smallest absolute Gasteiger partial charge is 0.394 e. The first-order valence-corrected chi connectivity index (χ1v) is 6.89. The summed E-state index contributed by atoms with van der Waals surface area (Å²) in [5.41, 5.74) is -0.893. The van der Waals surface area contributed by atoms with Gasteiger partial charge in [-0.3, -0.25) is 0 Å². The largest absolute Gasteiger partial charge is 0.416 e. The number of benzene rings is 1. The quantitative estimate of drug-likeness (QED) is 0.781. The minimum atomic E-state index is -4.40. The second kappa shape index (κ2) is 7.00. The first kappa shape index (κ1) is 18.3. The summed E-state index contributed by atoms with van der Waals surface area (Å²) in [6, 6.07) is 4.20. The Bertz CT molecular complexity index is 516. The van der Waals surface area contributed by atoms with Crippen molar-refractivity contribution >= 4 is 6.03 Å². The van der Waals surface area contributed by atoms with Crippen molar-refractivity contribution in [1.29, 1.82) is 0 Å². The first-order chi connectivity index (χ1) is 10.1. The van der Waals surface area contributed by atoms with Gasteiger partial charge in [0.2, 0.25) is 0 Å². The van der Waals surface area contributed by atoms with Crippen LogP contribution in [0.5, 0.6) is 0 Å². The summed E-state index contributed by atoms with van der Waals surface area (Å²) in [5.74, 6) is 0. The molecule has 1 aromatic carbocycles. The predicted molar refractivity (Wildman–Crippen MR) is 77.6 cm³/mol. The van der Waals surface area contributed by atoms with Crippen LogP contribution < -0.4 is 10.6 Å². The minimum absolute atomic E-state index is 0.165. The van der Waals surface area contributed by atoms with Gasteiger partial charge in [-0.05, 0) is 18.6 Å². The molecule has 0 bridgehead atoms. The number of nitrogens with one attached hydrogen (secondary N) is 2. The number of carbonyl (C=O) groups is 1. The molecule has 0 fully saturated rings. The van der Waals surface area contributed by atoms with Gasteiger partial charge >= 0.3 is 12.2 Å². The average Bonchev–Trinajstić information content (AvgIpc) is 2.44. The maximum Gasteiger partial charge on any atom is 0.416 e. The van der Waals surface area contributed by atoms with E-state index in [9.17, 15) is 18.0 Å². The monoisotopic (exact) mass is 318 g/mol. The molecule has 0 saturated heterocycles. The van der Waals surface area contributed by atoms with E-state index in [1.165, 1.54) is 6.07 Å². The average molecular weight is 318 g/mol. The van der Waals surface area contributed by atoms with Crippen molar-refractivity contribution in [2.24, 2.45) is 0 Å². The van der Waals surface area contributed by atoms with Gasteiger partial charge in [0, 0.05) is 12.0 Å². The zero-order valence-electron chi connectivity index (χ0n) is 12.8. The van der Waals surface area contributed by atoms with E-state index >= 15 is 0 Å². The lowest BCUT2D eigenvalue weighted by Gasteiger charge is -2.27. The molecule has 7 heteroatoms. The zero-order valence-corrected chi connectivity index (χ0v) is 12.8. The molecule has 1 rings (SSSR count). The molecule has 4 nitrogen and oxygen atoms in total. The number of halogens is 3. The topological polar surface area (TPSA) is 61.4 Å². The van der Waals surface area contributed by atoms with Crippen LogP contribution in [0.15, 0.2) is 24.3 Å². The Morgan fingerprint density at radius 1 is 1.27 bits per heavy atom.